The number of aromatic nitrogens is 5. The van der Waals surface area contributed by atoms with E-state index in [1.54, 1.807) is 27.5 Å². The van der Waals surface area contributed by atoms with Crippen LogP contribution in [0.25, 0.3) is 16.9 Å². The number of nitrogen functional groups attached to an aromatic ring is 1. The first-order valence-electron chi connectivity index (χ1n) is 8.65. The minimum absolute atomic E-state index is 0.241. The van der Waals surface area contributed by atoms with Gasteiger partial charge in [0.25, 0.3) is 0 Å². The average molecular weight is 364 g/mol. The minimum Gasteiger partial charge on any atom is -0.493 e. The zero-order chi connectivity index (χ0) is 18.5. The van der Waals surface area contributed by atoms with Crippen LogP contribution in [0.4, 0.5) is 10.3 Å². The standard InChI is InChI=1S/C19H17FN6O/c1-25-16(4-6-23-25)14-9-22-19(21)26-10-11(24-18(14)26)8-13-12-5-7-27-17(12)3-2-15(13)20/h2-4,6,9-10H,5,7-8H2,1H3,(H2,21,22). The largest absolute Gasteiger partial charge is 0.493 e. The number of hydrogen-bond acceptors (Lipinski definition) is 5. The van der Waals surface area contributed by atoms with Gasteiger partial charge in [-0.2, -0.15) is 5.10 Å². The Morgan fingerprint density at radius 1 is 1.30 bits per heavy atom. The molecule has 0 bridgehead atoms. The number of rotatable bonds is 3. The number of ether oxygens (including phenoxy) is 1. The Morgan fingerprint density at radius 2 is 2.19 bits per heavy atom. The molecule has 0 amide bonds. The van der Waals surface area contributed by atoms with E-state index in [-0.39, 0.29) is 5.82 Å². The van der Waals surface area contributed by atoms with Crippen molar-refractivity contribution in [1.82, 2.24) is 24.1 Å². The molecular formula is C19H17FN6O. The van der Waals surface area contributed by atoms with Gasteiger partial charge in [-0.15, -0.1) is 0 Å². The van der Waals surface area contributed by atoms with Crippen molar-refractivity contribution in [3.05, 3.63) is 59.4 Å². The van der Waals surface area contributed by atoms with Crippen LogP contribution in [0.15, 0.2) is 36.8 Å². The van der Waals surface area contributed by atoms with E-state index in [1.807, 2.05) is 19.3 Å². The Labute approximate surface area is 154 Å². The van der Waals surface area contributed by atoms with Crippen molar-refractivity contribution < 1.29 is 9.13 Å². The highest BCUT2D eigenvalue weighted by atomic mass is 19.1. The van der Waals surface area contributed by atoms with Crippen molar-refractivity contribution in [2.75, 3.05) is 12.3 Å². The predicted molar refractivity (Wildman–Crippen MR) is 98.0 cm³/mol. The molecule has 27 heavy (non-hydrogen) atoms. The average Bonchev–Trinajstić information content (AvgIpc) is 3.37. The van der Waals surface area contributed by atoms with Gasteiger partial charge >= 0.3 is 0 Å². The van der Waals surface area contributed by atoms with Gasteiger partial charge in [0.15, 0.2) is 5.65 Å². The molecule has 0 spiro atoms. The number of aryl methyl sites for hydroxylation is 1. The molecule has 0 saturated carbocycles. The number of benzene rings is 1. The fourth-order valence-electron chi connectivity index (χ4n) is 3.64. The van der Waals surface area contributed by atoms with Gasteiger partial charge in [-0.05, 0) is 18.2 Å². The van der Waals surface area contributed by atoms with Crippen molar-refractivity contribution in [3.63, 3.8) is 0 Å². The summed E-state index contributed by atoms with van der Waals surface area (Å²) >= 11 is 0. The molecule has 0 radical (unpaired) electrons. The highest BCUT2D eigenvalue weighted by Crippen LogP contribution is 2.32. The van der Waals surface area contributed by atoms with E-state index in [0.717, 1.165) is 28.3 Å². The van der Waals surface area contributed by atoms with Crippen LogP contribution in [0.5, 0.6) is 5.75 Å². The van der Waals surface area contributed by atoms with E-state index in [2.05, 4.69) is 10.1 Å². The molecule has 0 unspecified atom stereocenters. The van der Waals surface area contributed by atoms with Crippen LogP contribution in [0.3, 0.4) is 0 Å². The molecule has 4 heterocycles. The number of fused-ring (bicyclic) bond motifs is 2. The summed E-state index contributed by atoms with van der Waals surface area (Å²) in [5.74, 6) is 0.845. The van der Waals surface area contributed by atoms with Crippen molar-refractivity contribution in [1.29, 1.82) is 0 Å². The number of halogens is 1. The predicted octanol–water partition coefficient (Wildman–Crippen LogP) is 2.38. The third-order valence-corrected chi connectivity index (χ3v) is 4.96. The lowest BCUT2D eigenvalue weighted by molar-refractivity contribution is 0.356. The lowest BCUT2D eigenvalue weighted by Crippen LogP contribution is -2.02. The summed E-state index contributed by atoms with van der Waals surface area (Å²) < 4.78 is 23.5. The molecular weight excluding hydrogens is 347 g/mol. The van der Waals surface area contributed by atoms with Gasteiger partial charge in [-0.1, -0.05) is 0 Å². The smallest absolute Gasteiger partial charge is 0.206 e. The van der Waals surface area contributed by atoms with E-state index in [0.29, 0.717) is 36.6 Å². The Bertz CT molecular complexity index is 1180. The summed E-state index contributed by atoms with van der Waals surface area (Å²) in [6.45, 7) is 0.582. The summed E-state index contributed by atoms with van der Waals surface area (Å²) in [6, 6.07) is 5.03. The second-order valence-corrected chi connectivity index (χ2v) is 6.57. The SMILES string of the molecule is Cn1nccc1-c1cnc(N)n2cc(Cc3c(F)ccc4c3CCO4)nc12. The van der Waals surface area contributed by atoms with E-state index in [4.69, 9.17) is 15.5 Å². The van der Waals surface area contributed by atoms with Crippen LogP contribution in [-0.4, -0.2) is 30.8 Å². The van der Waals surface area contributed by atoms with E-state index in [9.17, 15) is 4.39 Å². The van der Waals surface area contributed by atoms with Gasteiger partial charge in [-0.3, -0.25) is 9.08 Å². The normalized spacial score (nSPS) is 13.1. The maximum Gasteiger partial charge on any atom is 0.206 e. The minimum atomic E-state index is -0.241. The second-order valence-electron chi connectivity index (χ2n) is 6.57. The first-order chi connectivity index (χ1) is 13.1. The lowest BCUT2D eigenvalue weighted by Gasteiger charge is -2.07. The maximum absolute atomic E-state index is 14.5. The van der Waals surface area contributed by atoms with Crippen LogP contribution in [-0.2, 0) is 19.9 Å². The molecule has 3 aromatic heterocycles. The van der Waals surface area contributed by atoms with Gasteiger partial charge < -0.3 is 10.5 Å². The first kappa shape index (κ1) is 15.8. The number of hydrogen-bond donors (Lipinski definition) is 1. The fourth-order valence-corrected chi connectivity index (χ4v) is 3.64. The molecule has 0 atom stereocenters. The summed E-state index contributed by atoms with van der Waals surface area (Å²) in [6.07, 6.45) is 6.29. The van der Waals surface area contributed by atoms with Gasteiger partial charge in [0, 0.05) is 49.6 Å². The van der Waals surface area contributed by atoms with Crippen LogP contribution < -0.4 is 10.5 Å². The van der Waals surface area contributed by atoms with Crippen LogP contribution in [0, 0.1) is 5.82 Å². The fraction of sp³-hybridized carbons (Fsp3) is 0.211. The highest BCUT2D eigenvalue weighted by molar-refractivity contribution is 5.75. The third kappa shape index (κ3) is 2.44. The molecule has 136 valence electrons. The Kier molecular flexibility index (Phi) is 3.40. The Balaban J connectivity index is 1.63. The van der Waals surface area contributed by atoms with Gasteiger partial charge in [0.2, 0.25) is 5.95 Å². The van der Waals surface area contributed by atoms with E-state index >= 15 is 0 Å². The molecule has 5 rings (SSSR count). The zero-order valence-electron chi connectivity index (χ0n) is 14.7. The molecule has 0 fully saturated rings. The van der Waals surface area contributed by atoms with Crippen molar-refractivity contribution in [3.8, 4) is 17.0 Å². The monoisotopic (exact) mass is 364 g/mol. The van der Waals surface area contributed by atoms with Crippen LogP contribution in [0.2, 0.25) is 0 Å². The molecule has 0 aliphatic carbocycles. The molecule has 1 aliphatic heterocycles. The third-order valence-electron chi connectivity index (χ3n) is 4.96. The van der Waals surface area contributed by atoms with Crippen LogP contribution >= 0.6 is 0 Å². The molecule has 8 heteroatoms. The number of anilines is 1. The number of imidazole rings is 1. The van der Waals surface area contributed by atoms with Crippen LogP contribution in [0.1, 0.15) is 16.8 Å². The first-order valence-corrected chi connectivity index (χ1v) is 8.65. The Morgan fingerprint density at radius 3 is 3.00 bits per heavy atom. The lowest BCUT2D eigenvalue weighted by atomic mass is 10.0. The number of nitrogens with two attached hydrogens (primary N) is 1. The summed E-state index contributed by atoms with van der Waals surface area (Å²) in [7, 11) is 1.86. The Hall–Kier alpha value is -3.42. The summed E-state index contributed by atoms with van der Waals surface area (Å²) in [5, 5.41) is 4.20. The quantitative estimate of drug-likeness (QED) is 0.603. The maximum atomic E-state index is 14.5. The van der Waals surface area contributed by atoms with Gasteiger partial charge in [0.05, 0.1) is 23.6 Å². The second kappa shape index (κ2) is 5.80. The van der Waals surface area contributed by atoms with Crippen molar-refractivity contribution >= 4 is 11.6 Å². The topological polar surface area (TPSA) is 83.3 Å². The van der Waals surface area contributed by atoms with Crippen molar-refractivity contribution in [2.45, 2.75) is 12.8 Å². The van der Waals surface area contributed by atoms with E-state index < -0.39 is 0 Å². The summed E-state index contributed by atoms with van der Waals surface area (Å²) in [4.78, 5) is 8.99. The van der Waals surface area contributed by atoms with E-state index in [1.165, 1.54) is 6.07 Å². The molecule has 2 N–H and O–H groups in total. The molecule has 1 aromatic carbocycles. The van der Waals surface area contributed by atoms with Gasteiger partial charge in [-0.25, -0.2) is 14.4 Å². The molecule has 1 aliphatic rings. The molecule has 0 saturated heterocycles. The van der Waals surface area contributed by atoms with Crippen molar-refractivity contribution in [2.24, 2.45) is 7.05 Å². The molecule has 4 aromatic rings. The highest BCUT2D eigenvalue weighted by Gasteiger charge is 2.21. The number of nitrogens with zero attached hydrogens (tertiary/aromatic N) is 5. The van der Waals surface area contributed by atoms with Gasteiger partial charge in [0.1, 0.15) is 11.6 Å². The zero-order valence-corrected chi connectivity index (χ0v) is 14.7. The molecule has 7 nitrogen and oxygen atoms in total. The summed E-state index contributed by atoms with van der Waals surface area (Å²) in [5.41, 5.74) is 10.7.